The fourth-order valence-electron chi connectivity index (χ4n) is 5.32. The molecule has 4 heterocycles. The molecule has 0 unspecified atom stereocenters. The van der Waals surface area contributed by atoms with Crippen molar-refractivity contribution in [3.05, 3.63) is 72.7 Å². The first-order valence-corrected chi connectivity index (χ1v) is 14.9. The highest BCUT2D eigenvalue weighted by molar-refractivity contribution is 5.98. The lowest BCUT2D eigenvalue weighted by atomic mass is 9.92. The van der Waals surface area contributed by atoms with Gasteiger partial charge in [-0.15, -0.1) is 0 Å². The zero-order valence-corrected chi connectivity index (χ0v) is 26.3. The number of H-pyrrole nitrogens is 2. The molecule has 0 aliphatic heterocycles. The number of nitrogens with one attached hydrogen (secondary N) is 4. The number of benzene rings is 2. The van der Waals surface area contributed by atoms with Crippen LogP contribution in [0.2, 0.25) is 0 Å². The summed E-state index contributed by atoms with van der Waals surface area (Å²) in [6, 6.07) is 11.5. The predicted molar refractivity (Wildman–Crippen MR) is 177 cm³/mol. The number of nitrogens with zero attached hydrogens (tertiary/aromatic N) is 5. The van der Waals surface area contributed by atoms with Gasteiger partial charge in [0.2, 0.25) is 5.91 Å². The highest BCUT2D eigenvalue weighted by Crippen LogP contribution is 2.36. The first-order chi connectivity index (χ1) is 21.9. The Morgan fingerprint density at radius 3 is 2.54 bits per heavy atom. The number of aromatic nitrogens is 6. The number of pyridine rings is 2. The Bertz CT molecular complexity index is 2060. The molecule has 46 heavy (non-hydrogen) atoms. The molecule has 0 aliphatic carbocycles. The Balaban J connectivity index is 1.36. The summed E-state index contributed by atoms with van der Waals surface area (Å²) in [5.74, 6) is -0.736. The van der Waals surface area contributed by atoms with E-state index in [0.717, 1.165) is 6.54 Å². The summed E-state index contributed by atoms with van der Waals surface area (Å²) < 4.78 is 31.0. The molecule has 2 aromatic carbocycles. The van der Waals surface area contributed by atoms with Gasteiger partial charge in [0.25, 0.3) is 0 Å². The van der Waals surface area contributed by atoms with Gasteiger partial charge in [0, 0.05) is 54.3 Å². The molecule has 0 fully saturated rings. The molecule has 6 rings (SSSR count). The summed E-state index contributed by atoms with van der Waals surface area (Å²) in [6.45, 7) is 7.38. The Hall–Kier alpha value is -5.23. The minimum absolute atomic E-state index is 0.145. The maximum Gasteiger partial charge on any atom is 0.224 e. The van der Waals surface area contributed by atoms with E-state index in [0.29, 0.717) is 69.1 Å². The molecule has 12 heteroatoms. The number of imidazole rings is 1. The molecule has 4 N–H and O–H groups in total. The van der Waals surface area contributed by atoms with Crippen LogP contribution in [0.25, 0.3) is 55.8 Å². The van der Waals surface area contributed by atoms with Crippen molar-refractivity contribution in [2.24, 2.45) is 5.41 Å². The monoisotopic (exact) mass is 623 g/mol. The van der Waals surface area contributed by atoms with Crippen molar-refractivity contribution >= 4 is 39.2 Å². The summed E-state index contributed by atoms with van der Waals surface area (Å²) in [5, 5.41) is 13.7. The van der Waals surface area contributed by atoms with Crippen LogP contribution in [0, 0.1) is 17.0 Å². The van der Waals surface area contributed by atoms with E-state index >= 15 is 4.39 Å². The van der Waals surface area contributed by atoms with Gasteiger partial charge in [-0.25, -0.2) is 13.8 Å². The summed E-state index contributed by atoms with van der Waals surface area (Å²) in [4.78, 5) is 31.3. The zero-order valence-electron chi connectivity index (χ0n) is 26.3. The van der Waals surface area contributed by atoms with Crippen LogP contribution in [0.4, 0.5) is 20.2 Å². The highest BCUT2D eigenvalue weighted by Gasteiger charge is 2.22. The van der Waals surface area contributed by atoms with Gasteiger partial charge in [-0.1, -0.05) is 20.8 Å². The third-order valence-electron chi connectivity index (χ3n) is 7.38. The van der Waals surface area contributed by atoms with E-state index < -0.39 is 11.6 Å². The summed E-state index contributed by atoms with van der Waals surface area (Å²) in [5.41, 5.74) is 4.66. The van der Waals surface area contributed by atoms with E-state index in [1.165, 1.54) is 18.3 Å². The molecule has 1 amide bonds. The van der Waals surface area contributed by atoms with Crippen molar-refractivity contribution in [2.75, 3.05) is 37.8 Å². The summed E-state index contributed by atoms with van der Waals surface area (Å²) >= 11 is 0. The molecule has 6 aromatic rings. The van der Waals surface area contributed by atoms with E-state index in [1.54, 1.807) is 36.7 Å². The molecule has 0 atom stereocenters. The van der Waals surface area contributed by atoms with E-state index in [4.69, 9.17) is 4.98 Å². The van der Waals surface area contributed by atoms with Gasteiger partial charge < -0.3 is 20.5 Å². The first kappa shape index (κ1) is 30.8. The SMILES string of the molecule is CN(C)CCNc1cc(F)cc(-c2nccc3[nH]c(-c4n[nH]c5ccc(-c6cncc(NC(=O)CC(C)(C)C)c6)c(F)c45)nc23)c1. The molecule has 0 radical (unpaired) electrons. The molecule has 0 saturated heterocycles. The topological polar surface area (TPSA) is 128 Å². The number of fused-ring (bicyclic) bond motifs is 2. The highest BCUT2D eigenvalue weighted by atomic mass is 19.1. The molecule has 4 aromatic heterocycles. The number of hydrogen-bond acceptors (Lipinski definition) is 7. The van der Waals surface area contributed by atoms with Crippen LogP contribution in [0.3, 0.4) is 0 Å². The van der Waals surface area contributed by atoms with Crippen molar-refractivity contribution < 1.29 is 13.6 Å². The zero-order chi connectivity index (χ0) is 32.6. The van der Waals surface area contributed by atoms with E-state index in [9.17, 15) is 9.18 Å². The second-order valence-corrected chi connectivity index (χ2v) is 12.8. The van der Waals surface area contributed by atoms with Crippen LogP contribution in [0.15, 0.2) is 61.1 Å². The lowest BCUT2D eigenvalue weighted by molar-refractivity contribution is -0.117. The van der Waals surface area contributed by atoms with E-state index in [1.807, 2.05) is 45.8 Å². The van der Waals surface area contributed by atoms with Crippen LogP contribution in [-0.4, -0.2) is 68.1 Å². The number of carbonyl (C=O) groups excluding carboxylic acids is 1. The Morgan fingerprint density at radius 2 is 1.76 bits per heavy atom. The fraction of sp³-hybridized carbons (Fsp3) is 0.265. The quantitative estimate of drug-likeness (QED) is 0.139. The van der Waals surface area contributed by atoms with Gasteiger partial charge in [0.1, 0.15) is 22.8 Å². The third kappa shape index (κ3) is 6.57. The number of halogens is 2. The average molecular weight is 624 g/mol. The second kappa shape index (κ2) is 12.3. The molecule has 0 bridgehead atoms. The molecule has 0 aliphatic rings. The summed E-state index contributed by atoms with van der Waals surface area (Å²) in [6.07, 6.45) is 5.03. The van der Waals surface area contributed by atoms with E-state index in [2.05, 4.69) is 35.8 Å². The van der Waals surface area contributed by atoms with Crippen molar-refractivity contribution in [1.29, 1.82) is 0 Å². The molecular formula is C34H35F2N9O. The Kier molecular flexibility index (Phi) is 8.22. The number of carbonyl (C=O) groups is 1. The number of anilines is 2. The van der Waals surface area contributed by atoms with Gasteiger partial charge in [-0.3, -0.25) is 19.9 Å². The van der Waals surface area contributed by atoms with Crippen molar-refractivity contribution in [2.45, 2.75) is 27.2 Å². The predicted octanol–water partition coefficient (Wildman–Crippen LogP) is 6.86. The fourth-order valence-corrected chi connectivity index (χ4v) is 5.32. The molecule has 10 nitrogen and oxygen atoms in total. The van der Waals surface area contributed by atoms with Crippen LogP contribution in [0.5, 0.6) is 0 Å². The smallest absolute Gasteiger partial charge is 0.224 e. The third-order valence-corrected chi connectivity index (χ3v) is 7.38. The number of amides is 1. The van der Waals surface area contributed by atoms with Gasteiger partial charge in [0.05, 0.1) is 34.0 Å². The second-order valence-electron chi connectivity index (χ2n) is 12.8. The van der Waals surface area contributed by atoms with Crippen LogP contribution in [-0.2, 0) is 4.79 Å². The van der Waals surface area contributed by atoms with Crippen LogP contribution >= 0.6 is 0 Å². The standard InChI is InChI=1S/C34H35F2N9O/c1-34(2,3)16-27(46)40-23-14-20(17-37-18-23)24-6-7-25-28(29(24)36)32(44-43-25)33-41-26-8-9-39-30(31(26)42-33)19-12-21(35)15-22(13-19)38-10-11-45(4)5/h6-9,12-15,17-18,38H,10-11,16H2,1-5H3,(H,40,46)(H,41,42)(H,43,44). The number of aromatic amines is 2. The largest absolute Gasteiger partial charge is 0.384 e. The lowest BCUT2D eigenvalue weighted by Gasteiger charge is -2.17. The number of rotatable bonds is 9. The van der Waals surface area contributed by atoms with Crippen molar-refractivity contribution in [3.63, 3.8) is 0 Å². The van der Waals surface area contributed by atoms with E-state index in [-0.39, 0.29) is 22.4 Å². The van der Waals surface area contributed by atoms with Gasteiger partial charge >= 0.3 is 0 Å². The first-order valence-electron chi connectivity index (χ1n) is 14.9. The minimum atomic E-state index is -0.515. The van der Waals surface area contributed by atoms with Crippen molar-refractivity contribution in [3.8, 4) is 33.9 Å². The van der Waals surface area contributed by atoms with Crippen molar-refractivity contribution in [1.82, 2.24) is 35.0 Å². The Labute approximate surface area is 264 Å². The Morgan fingerprint density at radius 1 is 0.957 bits per heavy atom. The maximum absolute atomic E-state index is 16.3. The average Bonchev–Trinajstić information content (AvgIpc) is 3.61. The molecule has 0 spiro atoms. The van der Waals surface area contributed by atoms with Crippen LogP contribution in [0.1, 0.15) is 27.2 Å². The van der Waals surface area contributed by atoms with Gasteiger partial charge in [-0.05, 0) is 62.0 Å². The molecule has 236 valence electrons. The minimum Gasteiger partial charge on any atom is -0.384 e. The normalized spacial score (nSPS) is 11.9. The molecule has 0 saturated carbocycles. The maximum atomic E-state index is 16.3. The molecular weight excluding hydrogens is 588 g/mol. The van der Waals surface area contributed by atoms with Crippen LogP contribution < -0.4 is 10.6 Å². The van der Waals surface area contributed by atoms with Gasteiger partial charge in [-0.2, -0.15) is 5.10 Å². The lowest BCUT2D eigenvalue weighted by Crippen LogP contribution is -2.20. The summed E-state index contributed by atoms with van der Waals surface area (Å²) in [7, 11) is 3.94. The number of likely N-dealkylation sites (N-methyl/N-ethyl adjacent to an activating group) is 1. The number of hydrogen-bond donors (Lipinski definition) is 4. The van der Waals surface area contributed by atoms with Gasteiger partial charge in [0.15, 0.2) is 5.82 Å².